The Morgan fingerprint density at radius 2 is 1.86 bits per heavy atom. The van der Waals surface area contributed by atoms with Gasteiger partial charge in [-0.25, -0.2) is 9.18 Å². The third-order valence-corrected chi connectivity index (χ3v) is 3.84. The third-order valence-electron chi connectivity index (χ3n) is 3.84. The van der Waals surface area contributed by atoms with Gasteiger partial charge < -0.3 is 14.0 Å². The van der Waals surface area contributed by atoms with Crippen molar-refractivity contribution in [2.24, 2.45) is 5.92 Å². The SMILES string of the molecule is CC(C)Cc1noc(COC(=O)c2ccccc2OCc2ccc(F)cc2)n1. The van der Waals surface area contributed by atoms with Gasteiger partial charge in [0.1, 0.15) is 23.7 Å². The van der Waals surface area contributed by atoms with Crippen LogP contribution in [0.1, 0.15) is 41.5 Å². The summed E-state index contributed by atoms with van der Waals surface area (Å²) in [7, 11) is 0. The fraction of sp³-hybridized carbons (Fsp3) is 0.286. The Balaban J connectivity index is 1.60. The standard InChI is InChI=1S/C21H21FN2O4/c1-14(2)11-19-23-20(28-24-19)13-27-21(25)17-5-3-4-6-18(17)26-12-15-7-9-16(22)10-8-15/h3-10,14H,11-13H2,1-2H3. The molecule has 0 aliphatic rings. The second-order valence-corrected chi connectivity index (χ2v) is 6.69. The highest BCUT2D eigenvalue weighted by Gasteiger charge is 2.16. The highest BCUT2D eigenvalue weighted by atomic mass is 19.1. The minimum atomic E-state index is -0.557. The molecule has 0 bridgehead atoms. The quantitative estimate of drug-likeness (QED) is 0.538. The van der Waals surface area contributed by atoms with Crippen molar-refractivity contribution in [1.82, 2.24) is 10.1 Å². The van der Waals surface area contributed by atoms with E-state index in [1.165, 1.54) is 12.1 Å². The molecule has 0 unspecified atom stereocenters. The van der Waals surface area contributed by atoms with Crippen LogP contribution >= 0.6 is 0 Å². The van der Waals surface area contributed by atoms with Crippen LogP contribution < -0.4 is 4.74 Å². The van der Waals surface area contributed by atoms with Crippen LogP contribution in [0.2, 0.25) is 0 Å². The lowest BCUT2D eigenvalue weighted by molar-refractivity contribution is 0.0425. The summed E-state index contributed by atoms with van der Waals surface area (Å²) in [4.78, 5) is 16.6. The van der Waals surface area contributed by atoms with Crippen molar-refractivity contribution in [3.8, 4) is 5.75 Å². The first kappa shape index (κ1) is 19.5. The number of carbonyl (C=O) groups excluding carboxylic acids is 1. The Kier molecular flexibility index (Phi) is 6.37. The maximum absolute atomic E-state index is 13.0. The Morgan fingerprint density at radius 3 is 2.61 bits per heavy atom. The number of carbonyl (C=O) groups is 1. The molecule has 0 saturated carbocycles. The minimum Gasteiger partial charge on any atom is -0.488 e. The van der Waals surface area contributed by atoms with E-state index in [9.17, 15) is 9.18 Å². The second kappa shape index (κ2) is 9.12. The van der Waals surface area contributed by atoms with E-state index < -0.39 is 5.97 Å². The number of aromatic nitrogens is 2. The molecule has 3 rings (SSSR count). The lowest BCUT2D eigenvalue weighted by atomic mass is 10.1. The Labute approximate surface area is 162 Å². The molecule has 1 aromatic heterocycles. The van der Waals surface area contributed by atoms with Crippen molar-refractivity contribution in [3.63, 3.8) is 0 Å². The van der Waals surface area contributed by atoms with E-state index in [0.29, 0.717) is 23.9 Å². The predicted molar refractivity (Wildman–Crippen MR) is 99.1 cm³/mol. The molecule has 0 spiro atoms. The fourth-order valence-electron chi connectivity index (χ4n) is 2.50. The number of halogens is 1. The Morgan fingerprint density at radius 1 is 1.11 bits per heavy atom. The number of rotatable bonds is 8. The summed E-state index contributed by atoms with van der Waals surface area (Å²) in [6.07, 6.45) is 0.692. The highest BCUT2D eigenvalue weighted by Crippen LogP contribution is 2.21. The number of hydrogen-bond acceptors (Lipinski definition) is 6. The zero-order chi connectivity index (χ0) is 19.9. The van der Waals surface area contributed by atoms with E-state index in [1.807, 2.05) is 0 Å². The summed E-state index contributed by atoms with van der Waals surface area (Å²) in [5.74, 6) is 0.738. The van der Waals surface area contributed by atoms with Gasteiger partial charge in [0.15, 0.2) is 12.4 Å². The van der Waals surface area contributed by atoms with Crippen LogP contribution in [0, 0.1) is 11.7 Å². The summed E-state index contributed by atoms with van der Waals surface area (Å²) >= 11 is 0. The lowest BCUT2D eigenvalue weighted by Gasteiger charge is -2.10. The molecule has 7 heteroatoms. The van der Waals surface area contributed by atoms with Gasteiger partial charge in [0.2, 0.25) is 0 Å². The van der Waals surface area contributed by atoms with Gasteiger partial charge in [0, 0.05) is 6.42 Å². The van der Waals surface area contributed by atoms with Gasteiger partial charge in [-0.15, -0.1) is 0 Å². The fourth-order valence-corrected chi connectivity index (χ4v) is 2.50. The molecule has 146 valence electrons. The van der Waals surface area contributed by atoms with E-state index in [1.54, 1.807) is 36.4 Å². The smallest absolute Gasteiger partial charge is 0.342 e. The number of esters is 1. The number of benzene rings is 2. The molecule has 3 aromatic rings. The molecule has 2 aromatic carbocycles. The lowest BCUT2D eigenvalue weighted by Crippen LogP contribution is -2.08. The molecule has 0 amide bonds. The van der Waals surface area contributed by atoms with Gasteiger partial charge >= 0.3 is 5.97 Å². The Hall–Kier alpha value is -3.22. The van der Waals surface area contributed by atoms with Crippen LogP contribution in [0.3, 0.4) is 0 Å². The van der Waals surface area contributed by atoms with Crippen LogP contribution in [0.25, 0.3) is 0 Å². The van der Waals surface area contributed by atoms with E-state index in [4.69, 9.17) is 14.0 Å². The average molecular weight is 384 g/mol. The normalized spacial score (nSPS) is 10.9. The molecule has 28 heavy (non-hydrogen) atoms. The molecule has 0 atom stereocenters. The minimum absolute atomic E-state index is 0.115. The molecule has 0 radical (unpaired) electrons. The molecule has 0 fully saturated rings. The van der Waals surface area contributed by atoms with Crippen LogP contribution in [0.4, 0.5) is 4.39 Å². The summed E-state index contributed by atoms with van der Waals surface area (Å²) in [5, 5.41) is 3.86. The second-order valence-electron chi connectivity index (χ2n) is 6.69. The summed E-state index contributed by atoms with van der Waals surface area (Å²) < 4.78 is 29.1. The van der Waals surface area contributed by atoms with Gasteiger partial charge in [-0.2, -0.15) is 4.98 Å². The molecular weight excluding hydrogens is 363 g/mol. The van der Waals surface area contributed by atoms with Crippen LogP contribution in [0.15, 0.2) is 53.1 Å². The zero-order valence-corrected chi connectivity index (χ0v) is 15.7. The van der Waals surface area contributed by atoms with Crippen molar-refractivity contribution in [3.05, 3.63) is 77.2 Å². The van der Waals surface area contributed by atoms with Crippen molar-refractivity contribution in [1.29, 1.82) is 0 Å². The molecule has 1 heterocycles. The first-order valence-electron chi connectivity index (χ1n) is 8.96. The maximum atomic E-state index is 13.0. The Bertz CT molecular complexity index is 922. The maximum Gasteiger partial charge on any atom is 0.342 e. The van der Waals surface area contributed by atoms with Gasteiger partial charge in [-0.3, -0.25) is 0 Å². The third kappa shape index (κ3) is 5.39. The average Bonchev–Trinajstić information content (AvgIpc) is 3.12. The van der Waals surface area contributed by atoms with Gasteiger partial charge in [0.05, 0.1) is 0 Å². The first-order valence-corrected chi connectivity index (χ1v) is 8.96. The monoisotopic (exact) mass is 384 g/mol. The van der Waals surface area contributed by atoms with E-state index in [2.05, 4.69) is 24.0 Å². The molecule has 0 aliphatic heterocycles. The summed E-state index contributed by atoms with van der Waals surface area (Å²) in [6, 6.07) is 12.7. The number of para-hydroxylation sites is 1. The molecule has 6 nitrogen and oxygen atoms in total. The summed E-state index contributed by atoms with van der Waals surface area (Å²) in [5.41, 5.74) is 1.07. The van der Waals surface area contributed by atoms with Crippen molar-refractivity contribution in [2.45, 2.75) is 33.5 Å². The van der Waals surface area contributed by atoms with E-state index in [-0.39, 0.29) is 30.5 Å². The molecule has 0 saturated heterocycles. The number of nitrogens with zero attached hydrogens (tertiary/aromatic N) is 2. The van der Waals surface area contributed by atoms with Crippen molar-refractivity contribution >= 4 is 5.97 Å². The van der Waals surface area contributed by atoms with Crippen molar-refractivity contribution in [2.75, 3.05) is 0 Å². The van der Waals surface area contributed by atoms with Crippen LogP contribution in [-0.2, 0) is 24.4 Å². The molecule has 0 N–H and O–H groups in total. The van der Waals surface area contributed by atoms with Crippen molar-refractivity contribution < 1.29 is 23.2 Å². The van der Waals surface area contributed by atoms with Gasteiger partial charge in [0.25, 0.3) is 5.89 Å². The topological polar surface area (TPSA) is 74.5 Å². The number of ether oxygens (including phenoxy) is 2. The van der Waals surface area contributed by atoms with E-state index >= 15 is 0 Å². The molecule has 0 aliphatic carbocycles. The zero-order valence-electron chi connectivity index (χ0n) is 15.7. The first-order chi connectivity index (χ1) is 13.5. The predicted octanol–water partition coefficient (Wildman–Crippen LogP) is 4.34. The summed E-state index contributed by atoms with van der Waals surface area (Å²) in [6.45, 7) is 4.20. The highest BCUT2D eigenvalue weighted by molar-refractivity contribution is 5.92. The largest absolute Gasteiger partial charge is 0.488 e. The van der Waals surface area contributed by atoms with E-state index in [0.717, 1.165) is 5.56 Å². The van der Waals surface area contributed by atoms with Crippen LogP contribution in [0.5, 0.6) is 5.75 Å². The van der Waals surface area contributed by atoms with Crippen LogP contribution in [-0.4, -0.2) is 16.1 Å². The van der Waals surface area contributed by atoms with Gasteiger partial charge in [-0.1, -0.05) is 43.3 Å². The molecular formula is C21H21FN2O4. The number of hydrogen-bond donors (Lipinski definition) is 0. The van der Waals surface area contributed by atoms with Gasteiger partial charge in [-0.05, 0) is 35.7 Å².